The number of ether oxygens (including phenoxy) is 1. The highest BCUT2D eigenvalue weighted by molar-refractivity contribution is 6.30. The van der Waals surface area contributed by atoms with Crippen molar-refractivity contribution in [3.63, 3.8) is 0 Å². The van der Waals surface area contributed by atoms with Gasteiger partial charge in [0, 0.05) is 24.6 Å². The molecule has 1 aromatic rings. The van der Waals surface area contributed by atoms with Crippen LogP contribution in [-0.2, 0) is 14.3 Å². The second-order valence-corrected chi connectivity index (χ2v) is 6.16. The highest BCUT2D eigenvalue weighted by Crippen LogP contribution is 2.38. The lowest BCUT2D eigenvalue weighted by atomic mass is 9.91. The first-order valence-corrected chi connectivity index (χ1v) is 7.79. The molecule has 0 fully saturated rings. The maximum atomic E-state index is 12.5. The van der Waals surface area contributed by atoms with Crippen LogP contribution in [0.1, 0.15) is 25.5 Å². The van der Waals surface area contributed by atoms with Crippen LogP contribution in [0.4, 0.5) is 0 Å². The fraction of sp³-hybridized carbons (Fsp3) is 0.412. The van der Waals surface area contributed by atoms with Gasteiger partial charge in [-0.25, -0.2) is 0 Å². The summed E-state index contributed by atoms with van der Waals surface area (Å²) in [4.78, 5) is 26.4. The molecule has 0 saturated carbocycles. The van der Waals surface area contributed by atoms with Crippen LogP contribution in [0.2, 0.25) is 5.02 Å². The van der Waals surface area contributed by atoms with Crippen LogP contribution in [0.5, 0.6) is 0 Å². The lowest BCUT2D eigenvalue weighted by molar-refractivity contribution is -0.130. The number of carbonyl (C=O) groups is 2. The molecule has 1 unspecified atom stereocenters. The van der Waals surface area contributed by atoms with Gasteiger partial charge in [-0.15, -0.1) is 0 Å². The number of ketones is 1. The van der Waals surface area contributed by atoms with Gasteiger partial charge in [0.1, 0.15) is 0 Å². The molecule has 1 amide bonds. The number of methoxy groups -OCH3 is 1. The molecule has 0 radical (unpaired) electrons. The number of rotatable bonds is 6. The van der Waals surface area contributed by atoms with E-state index in [1.165, 1.54) is 12.0 Å². The van der Waals surface area contributed by atoms with E-state index in [1.807, 2.05) is 0 Å². The molecular formula is C17H20ClNO4. The van der Waals surface area contributed by atoms with E-state index in [0.29, 0.717) is 11.6 Å². The number of aliphatic hydroxyl groups excluding tert-OH is 1. The molecule has 5 nitrogen and oxygen atoms in total. The predicted octanol–water partition coefficient (Wildman–Crippen LogP) is 2.91. The molecular weight excluding hydrogens is 318 g/mol. The smallest absolute Gasteiger partial charge is 0.290 e. The molecule has 124 valence electrons. The Hall–Kier alpha value is -1.85. The highest BCUT2D eigenvalue weighted by atomic mass is 35.5. The van der Waals surface area contributed by atoms with Crippen LogP contribution in [0.3, 0.4) is 0 Å². The van der Waals surface area contributed by atoms with Gasteiger partial charge in [-0.1, -0.05) is 37.6 Å². The van der Waals surface area contributed by atoms with Crippen LogP contribution in [0.25, 0.3) is 0 Å². The normalized spacial score (nSPS) is 18.2. The van der Waals surface area contributed by atoms with E-state index in [0.717, 1.165) is 5.56 Å². The van der Waals surface area contributed by atoms with Gasteiger partial charge in [-0.3, -0.25) is 9.59 Å². The number of hydrogen-bond donors (Lipinski definition) is 1. The molecule has 1 heterocycles. The molecule has 1 N–H and O–H groups in total. The van der Waals surface area contributed by atoms with Gasteiger partial charge in [0.2, 0.25) is 0 Å². The van der Waals surface area contributed by atoms with Crippen molar-refractivity contribution in [2.24, 2.45) is 5.92 Å². The fourth-order valence-electron chi connectivity index (χ4n) is 2.63. The molecule has 6 heteroatoms. The van der Waals surface area contributed by atoms with Gasteiger partial charge in [0.05, 0.1) is 18.2 Å². The minimum Gasteiger partial charge on any atom is -0.503 e. The number of carbonyl (C=O) groups excluding carboxylic acids is 2. The van der Waals surface area contributed by atoms with E-state index in [1.54, 1.807) is 38.1 Å². The standard InChI is InChI=1S/C17H20ClNO4/c1-10(2)15(20)13-14(11-4-6-12(18)7-5-11)19(8-9-23-3)17(22)16(13)21/h4-7,10,14,21H,8-9H2,1-3H3. The van der Waals surface area contributed by atoms with E-state index < -0.39 is 17.7 Å². The summed E-state index contributed by atoms with van der Waals surface area (Å²) in [6.45, 7) is 4.07. The average Bonchev–Trinajstić information content (AvgIpc) is 2.77. The third kappa shape index (κ3) is 3.41. The quantitative estimate of drug-likeness (QED) is 0.866. The molecule has 2 rings (SSSR count). The van der Waals surface area contributed by atoms with E-state index in [4.69, 9.17) is 16.3 Å². The molecule has 1 aliphatic heterocycles. The van der Waals surface area contributed by atoms with E-state index >= 15 is 0 Å². The first kappa shape index (κ1) is 17.5. The lowest BCUT2D eigenvalue weighted by Crippen LogP contribution is -2.34. The third-order valence-electron chi connectivity index (χ3n) is 3.82. The van der Waals surface area contributed by atoms with E-state index in [9.17, 15) is 14.7 Å². The average molecular weight is 338 g/mol. The summed E-state index contributed by atoms with van der Waals surface area (Å²) in [6.07, 6.45) is 0. The third-order valence-corrected chi connectivity index (χ3v) is 4.07. The highest BCUT2D eigenvalue weighted by Gasteiger charge is 2.43. The van der Waals surface area contributed by atoms with Crippen molar-refractivity contribution in [2.45, 2.75) is 19.9 Å². The van der Waals surface area contributed by atoms with Crippen molar-refractivity contribution < 1.29 is 19.4 Å². The monoisotopic (exact) mass is 337 g/mol. The van der Waals surface area contributed by atoms with E-state index in [-0.39, 0.29) is 23.8 Å². The van der Waals surface area contributed by atoms with Crippen molar-refractivity contribution in [3.8, 4) is 0 Å². The molecule has 0 bridgehead atoms. The Labute approximate surface area is 140 Å². The zero-order chi connectivity index (χ0) is 17.1. The van der Waals surface area contributed by atoms with Crippen molar-refractivity contribution in [3.05, 3.63) is 46.2 Å². The van der Waals surface area contributed by atoms with Crippen molar-refractivity contribution in [2.75, 3.05) is 20.3 Å². The summed E-state index contributed by atoms with van der Waals surface area (Å²) >= 11 is 5.92. The van der Waals surface area contributed by atoms with Crippen molar-refractivity contribution in [1.29, 1.82) is 0 Å². The number of halogens is 1. The number of aliphatic hydroxyl groups is 1. The summed E-state index contributed by atoms with van der Waals surface area (Å²) in [5, 5.41) is 10.8. The maximum absolute atomic E-state index is 12.5. The van der Waals surface area contributed by atoms with Gasteiger partial charge >= 0.3 is 0 Å². The topological polar surface area (TPSA) is 66.8 Å². The molecule has 0 aromatic heterocycles. The number of hydrogen-bond acceptors (Lipinski definition) is 4. The van der Waals surface area contributed by atoms with Crippen LogP contribution < -0.4 is 0 Å². The van der Waals surface area contributed by atoms with Crippen LogP contribution in [0.15, 0.2) is 35.6 Å². The Bertz CT molecular complexity index is 636. The zero-order valence-electron chi connectivity index (χ0n) is 13.4. The predicted molar refractivity (Wildman–Crippen MR) is 87.3 cm³/mol. The van der Waals surface area contributed by atoms with Gasteiger partial charge in [-0.05, 0) is 17.7 Å². The van der Waals surface area contributed by atoms with Gasteiger partial charge in [0.15, 0.2) is 11.5 Å². The number of nitrogens with zero attached hydrogens (tertiary/aromatic N) is 1. The molecule has 0 spiro atoms. The first-order chi connectivity index (χ1) is 10.9. The second kappa shape index (κ2) is 7.15. The van der Waals surface area contributed by atoms with Gasteiger partial charge in [-0.2, -0.15) is 0 Å². The number of benzene rings is 1. The van der Waals surface area contributed by atoms with Gasteiger partial charge < -0.3 is 14.7 Å². The van der Waals surface area contributed by atoms with Crippen LogP contribution in [-0.4, -0.2) is 42.0 Å². The van der Waals surface area contributed by atoms with Crippen LogP contribution in [0, 0.1) is 5.92 Å². The Balaban J connectivity index is 2.49. The summed E-state index contributed by atoms with van der Waals surface area (Å²) in [7, 11) is 1.53. The minimum absolute atomic E-state index is 0.142. The molecule has 1 aromatic carbocycles. The molecule has 23 heavy (non-hydrogen) atoms. The molecule has 0 saturated heterocycles. The van der Waals surface area contributed by atoms with Crippen LogP contribution >= 0.6 is 11.6 Å². The summed E-state index contributed by atoms with van der Waals surface area (Å²) in [5.41, 5.74) is 0.871. The summed E-state index contributed by atoms with van der Waals surface area (Å²) in [6, 6.07) is 6.29. The number of Topliss-reactive ketones (excluding diaryl/α,β-unsaturated/α-hetero) is 1. The Morgan fingerprint density at radius 1 is 1.35 bits per heavy atom. The molecule has 0 aliphatic carbocycles. The SMILES string of the molecule is COCCN1C(=O)C(O)=C(C(=O)C(C)C)C1c1ccc(Cl)cc1. The Kier molecular flexibility index (Phi) is 5.44. The maximum Gasteiger partial charge on any atom is 0.290 e. The first-order valence-electron chi connectivity index (χ1n) is 7.41. The largest absolute Gasteiger partial charge is 0.503 e. The summed E-state index contributed by atoms with van der Waals surface area (Å²) < 4.78 is 5.03. The molecule has 1 aliphatic rings. The fourth-order valence-corrected chi connectivity index (χ4v) is 2.75. The summed E-state index contributed by atoms with van der Waals surface area (Å²) in [5.74, 6) is -1.58. The second-order valence-electron chi connectivity index (χ2n) is 5.73. The number of amides is 1. The Morgan fingerprint density at radius 3 is 2.48 bits per heavy atom. The zero-order valence-corrected chi connectivity index (χ0v) is 14.1. The van der Waals surface area contributed by atoms with Gasteiger partial charge in [0.25, 0.3) is 5.91 Å². The Morgan fingerprint density at radius 2 is 1.96 bits per heavy atom. The van der Waals surface area contributed by atoms with Crippen molar-refractivity contribution in [1.82, 2.24) is 4.90 Å². The van der Waals surface area contributed by atoms with E-state index in [2.05, 4.69) is 0 Å². The minimum atomic E-state index is -0.621. The lowest BCUT2D eigenvalue weighted by Gasteiger charge is -2.27. The van der Waals surface area contributed by atoms with Crippen molar-refractivity contribution >= 4 is 23.3 Å². The molecule has 1 atom stereocenters.